The summed E-state index contributed by atoms with van der Waals surface area (Å²) in [5, 5.41) is 9.63. The van der Waals surface area contributed by atoms with Crippen LogP contribution in [-0.4, -0.2) is 40.5 Å². The van der Waals surface area contributed by atoms with E-state index in [-0.39, 0.29) is 30.3 Å². The van der Waals surface area contributed by atoms with Gasteiger partial charge < -0.3 is 14.7 Å². The van der Waals surface area contributed by atoms with E-state index >= 15 is 0 Å². The molecule has 2 aromatic carbocycles. The van der Waals surface area contributed by atoms with Crippen LogP contribution in [0.25, 0.3) is 0 Å². The van der Waals surface area contributed by atoms with E-state index in [2.05, 4.69) is 6.07 Å². The molecule has 7 heteroatoms. The van der Waals surface area contributed by atoms with Gasteiger partial charge in [0.15, 0.2) is 0 Å². The molecular formula is C28H32ClNO5. The van der Waals surface area contributed by atoms with Crippen molar-refractivity contribution < 1.29 is 24.2 Å². The molecule has 0 atom stereocenters. The maximum Gasteiger partial charge on any atom is 0.410 e. The Balaban J connectivity index is 1.28. The number of aliphatic carboxylic acids is 1. The molecule has 0 bridgehead atoms. The molecular weight excluding hydrogens is 466 g/mol. The van der Waals surface area contributed by atoms with E-state index in [4.69, 9.17) is 21.4 Å². The number of carboxylic acid groups (broad SMARTS) is 1. The zero-order chi connectivity index (χ0) is 24.9. The molecule has 1 aliphatic carbocycles. The Labute approximate surface area is 211 Å². The average molecular weight is 498 g/mol. The van der Waals surface area contributed by atoms with E-state index in [9.17, 15) is 14.4 Å². The monoisotopic (exact) mass is 497 g/mol. The van der Waals surface area contributed by atoms with Gasteiger partial charge in [-0.3, -0.25) is 9.59 Å². The second-order valence-electron chi connectivity index (χ2n) is 9.82. The van der Waals surface area contributed by atoms with Crippen molar-refractivity contribution in [1.29, 1.82) is 0 Å². The molecule has 4 rings (SSSR count). The number of halogens is 1. The molecule has 1 aliphatic heterocycles. The summed E-state index contributed by atoms with van der Waals surface area (Å²) >= 11 is 6.18. The van der Waals surface area contributed by atoms with Gasteiger partial charge in [0.05, 0.1) is 0 Å². The van der Waals surface area contributed by atoms with Crippen LogP contribution in [0.15, 0.2) is 36.4 Å². The number of fused-ring (bicyclic) bond motifs is 1. The molecule has 0 spiro atoms. The van der Waals surface area contributed by atoms with Gasteiger partial charge in [-0.25, -0.2) is 4.79 Å². The highest BCUT2D eigenvalue weighted by molar-refractivity contribution is 6.31. The molecule has 1 fully saturated rings. The lowest BCUT2D eigenvalue weighted by Crippen LogP contribution is -2.39. The first-order chi connectivity index (χ1) is 16.8. The Morgan fingerprint density at radius 2 is 1.83 bits per heavy atom. The number of amides is 1. The predicted octanol–water partition coefficient (Wildman–Crippen LogP) is 5.53. The van der Waals surface area contributed by atoms with E-state index in [1.807, 2.05) is 37.3 Å². The normalized spacial score (nSPS) is 19.7. The lowest BCUT2D eigenvalue weighted by atomic mass is 9.85. The van der Waals surface area contributed by atoms with Crippen LogP contribution in [0.1, 0.15) is 59.9 Å². The van der Waals surface area contributed by atoms with E-state index < -0.39 is 5.97 Å². The van der Waals surface area contributed by atoms with Gasteiger partial charge in [-0.2, -0.15) is 0 Å². The fourth-order valence-electron chi connectivity index (χ4n) is 5.14. The van der Waals surface area contributed by atoms with Crippen molar-refractivity contribution in [1.82, 2.24) is 4.90 Å². The van der Waals surface area contributed by atoms with Crippen LogP contribution in [0.3, 0.4) is 0 Å². The topological polar surface area (TPSA) is 83.9 Å². The molecule has 186 valence electrons. The molecule has 0 unspecified atom stereocenters. The van der Waals surface area contributed by atoms with Crippen LogP contribution < -0.4 is 0 Å². The molecule has 35 heavy (non-hydrogen) atoms. The minimum absolute atomic E-state index is 0.134. The third kappa shape index (κ3) is 6.63. The van der Waals surface area contributed by atoms with Crippen molar-refractivity contribution >= 4 is 29.4 Å². The van der Waals surface area contributed by atoms with Crippen LogP contribution in [0.5, 0.6) is 0 Å². The zero-order valence-electron chi connectivity index (χ0n) is 20.1. The summed E-state index contributed by atoms with van der Waals surface area (Å²) in [5.41, 5.74) is 5.16. The first-order valence-corrected chi connectivity index (χ1v) is 12.7. The fourth-order valence-corrected chi connectivity index (χ4v) is 5.33. The number of hydrogen-bond acceptors (Lipinski definition) is 4. The van der Waals surface area contributed by atoms with Gasteiger partial charge in [0.2, 0.25) is 0 Å². The minimum Gasteiger partial charge on any atom is -0.481 e. The van der Waals surface area contributed by atoms with Crippen molar-refractivity contribution in [2.24, 2.45) is 5.92 Å². The number of carbonyl (C=O) groups excluding carboxylic acids is 2. The summed E-state index contributed by atoms with van der Waals surface area (Å²) in [6.45, 7) is 3.02. The number of Topliss-reactive ketones (excluding diaryl/α,β-unsaturated/α-hetero) is 1. The van der Waals surface area contributed by atoms with Crippen molar-refractivity contribution in [3.63, 3.8) is 0 Å². The summed E-state index contributed by atoms with van der Waals surface area (Å²) in [7, 11) is 0. The second-order valence-corrected chi connectivity index (χ2v) is 10.2. The van der Waals surface area contributed by atoms with E-state index in [1.54, 1.807) is 4.90 Å². The van der Waals surface area contributed by atoms with Crippen molar-refractivity contribution in [3.05, 3.63) is 69.2 Å². The summed E-state index contributed by atoms with van der Waals surface area (Å²) in [5.74, 6) is -0.435. The SMILES string of the molecule is Cc1c(Cl)cccc1CC(=O)Cc1ccc2c(c1)CCN(C(=O)OC1CCC(CC(=O)O)CC1)C2. The van der Waals surface area contributed by atoms with E-state index in [0.717, 1.165) is 54.4 Å². The highest BCUT2D eigenvalue weighted by Crippen LogP contribution is 2.30. The predicted molar refractivity (Wildman–Crippen MR) is 134 cm³/mol. The Morgan fingerprint density at radius 3 is 2.57 bits per heavy atom. The van der Waals surface area contributed by atoms with Gasteiger partial charge in [-0.1, -0.05) is 41.9 Å². The Hall–Kier alpha value is -2.86. The summed E-state index contributed by atoms with van der Waals surface area (Å²) < 4.78 is 5.74. The molecule has 2 aromatic rings. The molecule has 0 saturated heterocycles. The van der Waals surface area contributed by atoms with Gasteiger partial charge in [-0.15, -0.1) is 0 Å². The van der Waals surface area contributed by atoms with Gasteiger partial charge >= 0.3 is 12.1 Å². The average Bonchev–Trinajstić information content (AvgIpc) is 2.82. The summed E-state index contributed by atoms with van der Waals surface area (Å²) in [6, 6.07) is 11.7. The van der Waals surface area contributed by atoms with Crippen LogP contribution in [0, 0.1) is 12.8 Å². The number of hydrogen-bond donors (Lipinski definition) is 1. The molecule has 0 radical (unpaired) electrons. The molecule has 1 amide bonds. The van der Waals surface area contributed by atoms with Crippen molar-refractivity contribution in [3.8, 4) is 0 Å². The maximum absolute atomic E-state index is 12.7. The van der Waals surface area contributed by atoms with Gasteiger partial charge in [0, 0.05) is 37.4 Å². The standard InChI is InChI=1S/C28H32ClNO5/c1-18-21(3-2-4-26(18)29)16-24(31)14-20-5-8-23-17-30(12-11-22(23)13-20)28(34)35-25-9-6-19(7-10-25)15-27(32)33/h2-5,8,13,19,25H,6-7,9-12,14-17H2,1H3,(H,32,33). The molecule has 2 aliphatic rings. The first kappa shape index (κ1) is 25.2. The van der Waals surface area contributed by atoms with Crippen LogP contribution in [0.4, 0.5) is 4.79 Å². The third-order valence-electron chi connectivity index (χ3n) is 7.23. The van der Waals surface area contributed by atoms with Gasteiger partial charge in [0.1, 0.15) is 11.9 Å². The summed E-state index contributed by atoms with van der Waals surface area (Å²) in [6.07, 6.45) is 4.23. The first-order valence-electron chi connectivity index (χ1n) is 12.3. The van der Waals surface area contributed by atoms with E-state index in [0.29, 0.717) is 31.0 Å². The molecule has 1 N–H and O–H groups in total. The van der Waals surface area contributed by atoms with Crippen LogP contribution >= 0.6 is 11.6 Å². The van der Waals surface area contributed by atoms with Crippen LogP contribution in [-0.2, 0) is 40.1 Å². The molecule has 1 heterocycles. The number of ether oxygens (including phenoxy) is 1. The Morgan fingerprint density at radius 1 is 1.06 bits per heavy atom. The van der Waals surface area contributed by atoms with E-state index in [1.165, 1.54) is 5.56 Å². The Kier molecular flexibility index (Phi) is 8.11. The van der Waals surface area contributed by atoms with Crippen LogP contribution in [0.2, 0.25) is 5.02 Å². The number of rotatable bonds is 7. The van der Waals surface area contributed by atoms with Crippen molar-refractivity contribution in [2.75, 3.05) is 6.54 Å². The van der Waals surface area contributed by atoms with Gasteiger partial charge in [-0.05, 0) is 78.8 Å². The molecule has 1 saturated carbocycles. The van der Waals surface area contributed by atoms with Gasteiger partial charge in [0.25, 0.3) is 0 Å². The maximum atomic E-state index is 12.7. The number of benzene rings is 2. The zero-order valence-corrected chi connectivity index (χ0v) is 20.9. The lowest BCUT2D eigenvalue weighted by Gasteiger charge is -2.32. The van der Waals surface area contributed by atoms with Crippen molar-refractivity contribution in [2.45, 2.75) is 70.9 Å². The highest BCUT2D eigenvalue weighted by atomic mass is 35.5. The lowest BCUT2D eigenvalue weighted by molar-refractivity contribution is -0.138. The number of ketones is 1. The largest absolute Gasteiger partial charge is 0.481 e. The molecule has 6 nitrogen and oxygen atoms in total. The number of carboxylic acids is 1. The molecule has 0 aromatic heterocycles. The Bertz CT molecular complexity index is 1110. The number of nitrogens with zero attached hydrogens (tertiary/aromatic N) is 1. The quantitative estimate of drug-likeness (QED) is 0.543. The highest BCUT2D eigenvalue weighted by Gasteiger charge is 2.28. The number of carbonyl (C=O) groups is 3. The minimum atomic E-state index is -0.763. The fraction of sp³-hybridized carbons (Fsp3) is 0.464. The second kappa shape index (κ2) is 11.3. The summed E-state index contributed by atoms with van der Waals surface area (Å²) in [4.78, 5) is 38.0. The smallest absolute Gasteiger partial charge is 0.410 e. The third-order valence-corrected chi connectivity index (χ3v) is 7.64.